The second-order valence-corrected chi connectivity index (χ2v) is 9.59. The van der Waals surface area contributed by atoms with Gasteiger partial charge in [0.05, 0.1) is 11.8 Å². The molecule has 18 heteroatoms. The number of nitrogens with two attached hydrogens (primary N) is 2. The zero-order valence-corrected chi connectivity index (χ0v) is 21.4. The number of aldehydes is 1. The number of carbonyl (C=O) groups is 3. The van der Waals surface area contributed by atoms with Gasteiger partial charge >= 0.3 is 12.1 Å². The third-order valence-corrected chi connectivity index (χ3v) is 5.85. The van der Waals surface area contributed by atoms with Crippen molar-refractivity contribution in [2.75, 3.05) is 11.3 Å². The summed E-state index contributed by atoms with van der Waals surface area (Å²) in [6.45, 7) is -0.156. The maximum Gasteiger partial charge on any atom is 0.490 e. The average Bonchev–Trinajstić information content (AvgIpc) is 2.84. The first-order chi connectivity index (χ1) is 18.6. The molecule has 0 unspecified atom stereocenters. The highest BCUT2D eigenvalue weighted by molar-refractivity contribution is 7.91. The molecule has 2 aromatic rings. The van der Waals surface area contributed by atoms with Crippen molar-refractivity contribution in [1.29, 1.82) is 0 Å². The zero-order chi connectivity index (χ0) is 30.5. The number of halogens is 4. The van der Waals surface area contributed by atoms with Crippen LogP contribution in [-0.2, 0) is 36.7 Å². The van der Waals surface area contributed by atoms with Crippen LogP contribution in [0.15, 0.2) is 52.4 Å². The minimum Gasteiger partial charge on any atom is -0.475 e. The van der Waals surface area contributed by atoms with E-state index in [9.17, 15) is 40.4 Å². The van der Waals surface area contributed by atoms with Gasteiger partial charge in [-0.3, -0.25) is 19.3 Å². The van der Waals surface area contributed by atoms with E-state index in [4.69, 9.17) is 21.4 Å². The first-order valence-electron chi connectivity index (χ1n) is 11.1. The van der Waals surface area contributed by atoms with Crippen LogP contribution in [0.1, 0.15) is 18.4 Å². The predicted molar refractivity (Wildman–Crippen MR) is 135 cm³/mol. The normalized spacial score (nSPS) is 11.8. The SMILES string of the molecule is NC(N)=NCCC[C@@H](C=O)NC(=O)Cn1cccc(NS(=O)(=O)Cc2ccccc2F)c1=O.O=C(O)C(F)(F)F. The number of aliphatic imine (C=N–C) groups is 1. The lowest BCUT2D eigenvalue weighted by Crippen LogP contribution is -2.40. The number of nitrogens with zero attached hydrogens (tertiary/aromatic N) is 2. The van der Waals surface area contributed by atoms with E-state index in [0.29, 0.717) is 12.7 Å². The van der Waals surface area contributed by atoms with Gasteiger partial charge < -0.3 is 31.3 Å². The lowest BCUT2D eigenvalue weighted by Gasteiger charge is -2.14. The molecular formula is C22H26F4N6O7S. The van der Waals surface area contributed by atoms with Gasteiger partial charge in [0.25, 0.3) is 5.56 Å². The number of aromatic nitrogens is 1. The van der Waals surface area contributed by atoms with Crippen LogP contribution in [0.3, 0.4) is 0 Å². The molecule has 0 radical (unpaired) electrons. The average molecular weight is 595 g/mol. The number of rotatable bonds is 12. The summed E-state index contributed by atoms with van der Waals surface area (Å²) < 4.78 is 73.4. The molecule has 2 rings (SSSR count). The standard InChI is InChI=1S/C20H25FN6O5S.C2HF3O2/c21-16-7-2-1-5-14(16)13-33(31,32)26-17-8-4-10-27(19(17)30)11-18(29)25-15(12-28)6-3-9-24-20(22)23;3-2(4,5)1(6)7/h1-2,4-5,7-8,10,12,15,26H,3,6,9,11,13H2,(H,25,29)(H4,22,23,24);(H,6,7)/t15-;/m0./s1. The predicted octanol–water partition coefficient (Wildman–Crippen LogP) is 0.300. The Hall–Kier alpha value is -4.48. The van der Waals surface area contributed by atoms with Crippen LogP contribution in [0.4, 0.5) is 23.2 Å². The number of pyridine rings is 1. The monoisotopic (exact) mass is 594 g/mol. The third-order valence-electron chi connectivity index (χ3n) is 4.62. The lowest BCUT2D eigenvalue weighted by molar-refractivity contribution is -0.192. The summed E-state index contributed by atoms with van der Waals surface area (Å²) >= 11 is 0. The lowest BCUT2D eigenvalue weighted by atomic mass is 10.2. The largest absolute Gasteiger partial charge is 0.490 e. The van der Waals surface area contributed by atoms with Crippen LogP contribution < -0.4 is 27.1 Å². The summed E-state index contributed by atoms with van der Waals surface area (Å²) in [4.78, 5) is 48.8. The van der Waals surface area contributed by atoms with Crippen molar-refractivity contribution in [2.45, 2.75) is 37.4 Å². The molecular weight excluding hydrogens is 568 g/mol. The Kier molecular flexibility index (Phi) is 12.7. The minimum absolute atomic E-state index is 0.0552. The number of benzene rings is 1. The summed E-state index contributed by atoms with van der Waals surface area (Å²) in [5.74, 6) is -4.82. The van der Waals surface area contributed by atoms with E-state index in [0.717, 1.165) is 10.6 Å². The van der Waals surface area contributed by atoms with Crippen LogP contribution in [-0.4, -0.2) is 61.0 Å². The third kappa shape index (κ3) is 12.4. The molecule has 220 valence electrons. The van der Waals surface area contributed by atoms with Gasteiger partial charge in [0.15, 0.2) is 5.96 Å². The Bertz CT molecular complexity index is 1380. The number of alkyl halides is 3. The molecule has 0 bridgehead atoms. The molecule has 0 aliphatic heterocycles. The molecule has 1 heterocycles. The molecule has 0 saturated carbocycles. The number of carboxylic acids is 1. The van der Waals surface area contributed by atoms with E-state index in [-0.39, 0.29) is 30.2 Å². The molecule has 1 amide bonds. The second-order valence-electron chi connectivity index (χ2n) is 7.87. The van der Waals surface area contributed by atoms with Crippen molar-refractivity contribution in [2.24, 2.45) is 16.5 Å². The van der Waals surface area contributed by atoms with E-state index in [1.54, 1.807) is 0 Å². The summed E-state index contributed by atoms with van der Waals surface area (Å²) in [6, 6.07) is 7.18. The van der Waals surface area contributed by atoms with Crippen molar-refractivity contribution in [1.82, 2.24) is 9.88 Å². The topological polar surface area (TPSA) is 216 Å². The fourth-order valence-electron chi connectivity index (χ4n) is 2.86. The minimum atomic E-state index is -5.08. The Morgan fingerprint density at radius 3 is 2.33 bits per heavy atom. The maximum absolute atomic E-state index is 13.8. The molecule has 1 aromatic heterocycles. The second kappa shape index (κ2) is 15.2. The molecule has 1 atom stereocenters. The van der Waals surface area contributed by atoms with E-state index in [1.807, 2.05) is 0 Å². The fraction of sp³-hybridized carbons (Fsp3) is 0.318. The van der Waals surface area contributed by atoms with Crippen molar-refractivity contribution in [3.63, 3.8) is 0 Å². The molecule has 40 heavy (non-hydrogen) atoms. The van der Waals surface area contributed by atoms with Crippen LogP contribution in [0, 0.1) is 5.82 Å². The Morgan fingerprint density at radius 2 is 1.77 bits per heavy atom. The van der Waals surface area contributed by atoms with Crippen molar-refractivity contribution in [3.05, 3.63) is 64.3 Å². The number of carbonyl (C=O) groups excluding carboxylic acids is 2. The molecule has 1 aromatic carbocycles. The first-order valence-corrected chi connectivity index (χ1v) is 12.7. The maximum atomic E-state index is 13.8. The smallest absolute Gasteiger partial charge is 0.475 e. The Labute approximate surface area is 224 Å². The molecule has 0 aliphatic rings. The molecule has 0 saturated heterocycles. The van der Waals surface area contributed by atoms with Gasteiger partial charge in [0.1, 0.15) is 24.3 Å². The number of anilines is 1. The summed E-state index contributed by atoms with van der Waals surface area (Å²) in [7, 11) is -4.10. The Morgan fingerprint density at radius 1 is 1.15 bits per heavy atom. The van der Waals surface area contributed by atoms with E-state index < -0.39 is 57.8 Å². The van der Waals surface area contributed by atoms with Crippen LogP contribution >= 0.6 is 0 Å². The number of guanidine groups is 1. The zero-order valence-electron chi connectivity index (χ0n) is 20.6. The molecule has 0 spiro atoms. The van der Waals surface area contributed by atoms with E-state index >= 15 is 0 Å². The molecule has 13 nitrogen and oxygen atoms in total. The van der Waals surface area contributed by atoms with Gasteiger partial charge in [0.2, 0.25) is 15.9 Å². The molecule has 0 aliphatic carbocycles. The number of sulfonamides is 1. The van der Waals surface area contributed by atoms with Crippen molar-refractivity contribution < 1.29 is 45.5 Å². The summed E-state index contributed by atoms with van der Waals surface area (Å²) in [6.07, 6.45) is -2.49. The van der Waals surface area contributed by atoms with Crippen LogP contribution in [0.25, 0.3) is 0 Å². The van der Waals surface area contributed by atoms with Gasteiger partial charge in [-0.15, -0.1) is 0 Å². The number of aliphatic carboxylic acids is 1. The summed E-state index contributed by atoms with van der Waals surface area (Å²) in [5.41, 5.74) is 9.30. The molecule has 0 fully saturated rings. The van der Waals surface area contributed by atoms with E-state index in [1.165, 1.54) is 36.5 Å². The van der Waals surface area contributed by atoms with Gasteiger partial charge in [-0.2, -0.15) is 13.2 Å². The van der Waals surface area contributed by atoms with Crippen molar-refractivity contribution >= 4 is 39.8 Å². The summed E-state index contributed by atoms with van der Waals surface area (Å²) in [5, 5.41) is 9.60. The molecule has 7 N–H and O–H groups in total. The number of amides is 1. The van der Waals surface area contributed by atoms with Gasteiger partial charge in [-0.25, -0.2) is 17.6 Å². The number of hydrogen-bond donors (Lipinski definition) is 5. The number of hydrogen-bond acceptors (Lipinski definition) is 7. The number of nitrogens with one attached hydrogen (secondary N) is 2. The van der Waals surface area contributed by atoms with Gasteiger partial charge in [-0.05, 0) is 31.0 Å². The van der Waals surface area contributed by atoms with Crippen LogP contribution in [0.2, 0.25) is 0 Å². The highest BCUT2D eigenvalue weighted by Gasteiger charge is 2.38. The fourth-order valence-corrected chi connectivity index (χ4v) is 4.07. The van der Waals surface area contributed by atoms with Gasteiger partial charge in [0, 0.05) is 18.3 Å². The van der Waals surface area contributed by atoms with Crippen LogP contribution in [0.5, 0.6) is 0 Å². The van der Waals surface area contributed by atoms with Crippen molar-refractivity contribution in [3.8, 4) is 0 Å². The van der Waals surface area contributed by atoms with Gasteiger partial charge in [-0.1, -0.05) is 18.2 Å². The quantitative estimate of drug-likeness (QED) is 0.0750. The van der Waals surface area contributed by atoms with E-state index in [2.05, 4.69) is 15.0 Å². The Balaban J connectivity index is 0.00000101. The highest BCUT2D eigenvalue weighted by atomic mass is 32.2. The highest BCUT2D eigenvalue weighted by Crippen LogP contribution is 2.14. The number of carboxylic acid groups (broad SMARTS) is 1. The first kappa shape index (κ1) is 33.5.